The van der Waals surface area contributed by atoms with E-state index in [4.69, 9.17) is 18.9 Å². The van der Waals surface area contributed by atoms with Gasteiger partial charge in [0.1, 0.15) is 6.61 Å². The van der Waals surface area contributed by atoms with Gasteiger partial charge in [-0.2, -0.15) is 0 Å². The lowest BCUT2D eigenvalue weighted by atomic mass is 9.99. The summed E-state index contributed by atoms with van der Waals surface area (Å²) < 4.78 is 21.4. The van der Waals surface area contributed by atoms with E-state index in [1.54, 1.807) is 12.1 Å². The molecule has 1 aromatic carbocycles. The molecule has 3 rings (SSSR count). The van der Waals surface area contributed by atoms with E-state index in [1.807, 2.05) is 0 Å². The second kappa shape index (κ2) is 9.28. The Hall–Kier alpha value is -1.99. The maximum Gasteiger partial charge on any atom is 0.338 e. The van der Waals surface area contributed by atoms with Crippen molar-refractivity contribution in [1.29, 1.82) is 0 Å². The smallest absolute Gasteiger partial charge is 0.338 e. The average Bonchev–Trinajstić information content (AvgIpc) is 2.72. The first-order chi connectivity index (χ1) is 13.2. The van der Waals surface area contributed by atoms with Crippen molar-refractivity contribution < 1.29 is 23.7 Å². The second-order valence-electron chi connectivity index (χ2n) is 7.04. The minimum atomic E-state index is -0.384. The molecule has 7 heteroatoms. The average molecular weight is 378 g/mol. The number of hydrogen-bond donors (Lipinski definition) is 0. The van der Waals surface area contributed by atoms with Crippen LogP contribution >= 0.6 is 0 Å². The van der Waals surface area contributed by atoms with Crippen LogP contribution in [0.3, 0.4) is 0 Å². The third kappa shape index (κ3) is 4.65. The molecule has 0 radical (unpaired) electrons. The highest BCUT2D eigenvalue weighted by atomic mass is 16.5. The summed E-state index contributed by atoms with van der Waals surface area (Å²) in [6.45, 7) is 5.60. The van der Waals surface area contributed by atoms with Crippen molar-refractivity contribution in [1.82, 2.24) is 9.80 Å². The van der Waals surface area contributed by atoms with Crippen molar-refractivity contribution >= 4 is 5.97 Å². The molecule has 0 bridgehead atoms. The molecule has 7 nitrogen and oxygen atoms in total. The number of ether oxygens (including phenoxy) is 4. The van der Waals surface area contributed by atoms with E-state index < -0.39 is 0 Å². The van der Waals surface area contributed by atoms with Gasteiger partial charge in [-0.05, 0) is 31.5 Å². The van der Waals surface area contributed by atoms with Crippen LogP contribution in [-0.4, -0.2) is 82.5 Å². The normalized spacial score (nSPS) is 20.6. The van der Waals surface area contributed by atoms with Crippen LogP contribution in [0.1, 0.15) is 29.6 Å². The Morgan fingerprint density at radius 3 is 2.44 bits per heavy atom. The summed E-state index contributed by atoms with van der Waals surface area (Å²) in [7, 11) is 4.58. The highest BCUT2D eigenvalue weighted by molar-refractivity contribution is 5.91. The Morgan fingerprint density at radius 1 is 1.04 bits per heavy atom. The maximum absolute atomic E-state index is 12.4. The van der Waals surface area contributed by atoms with E-state index in [-0.39, 0.29) is 5.97 Å². The summed E-state index contributed by atoms with van der Waals surface area (Å²) in [5.41, 5.74) is 0.390. The molecule has 2 aliphatic rings. The minimum Gasteiger partial charge on any atom is -0.493 e. The molecular formula is C20H30N2O5. The zero-order valence-corrected chi connectivity index (χ0v) is 16.5. The number of benzene rings is 1. The van der Waals surface area contributed by atoms with Gasteiger partial charge in [0, 0.05) is 32.2 Å². The Morgan fingerprint density at radius 2 is 1.78 bits per heavy atom. The van der Waals surface area contributed by atoms with Crippen LogP contribution in [0.15, 0.2) is 12.1 Å². The number of carbonyl (C=O) groups excluding carboxylic acids is 1. The molecule has 0 saturated carbocycles. The summed E-state index contributed by atoms with van der Waals surface area (Å²) in [5.74, 6) is 0.960. The molecule has 0 aliphatic carbocycles. The fourth-order valence-corrected chi connectivity index (χ4v) is 3.97. The zero-order chi connectivity index (χ0) is 19.2. The summed E-state index contributed by atoms with van der Waals surface area (Å²) >= 11 is 0. The van der Waals surface area contributed by atoms with Gasteiger partial charge >= 0.3 is 5.97 Å². The Labute approximate surface area is 161 Å². The lowest BCUT2D eigenvalue weighted by Crippen LogP contribution is -2.55. The maximum atomic E-state index is 12.4. The van der Waals surface area contributed by atoms with Crippen molar-refractivity contribution in [3.63, 3.8) is 0 Å². The van der Waals surface area contributed by atoms with Crippen LogP contribution in [0.25, 0.3) is 0 Å². The van der Waals surface area contributed by atoms with E-state index in [1.165, 1.54) is 47.1 Å². The number of piperazine rings is 1. The molecular weight excluding hydrogens is 348 g/mol. The van der Waals surface area contributed by atoms with E-state index in [9.17, 15) is 4.79 Å². The molecule has 0 N–H and O–H groups in total. The third-order valence-corrected chi connectivity index (χ3v) is 5.46. The summed E-state index contributed by atoms with van der Waals surface area (Å²) in [4.78, 5) is 17.4. The Bertz CT molecular complexity index is 626. The first-order valence-electron chi connectivity index (χ1n) is 9.59. The molecule has 2 fully saturated rings. The summed E-state index contributed by atoms with van der Waals surface area (Å²) in [6, 6.07) is 3.90. The molecule has 27 heavy (non-hydrogen) atoms. The SMILES string of the molecule is COc1cc(C(=O)OCCN2CCN3CCCCC3C2)cc(OC)c1OC. The van der Waals surface area contributed by atoms with Gasteiger partial charge in [-0.15, -0.1) is 0 Å². The zero-order valence-electron chi connectivity index (χ0n) is 16.5. The third-order valence-electron chi connectivity index (χ3n) is 5.46. The van der Waals surface area contributed by atoms with Gasteiger partial charge in [-0.1, -0.05) is 6.42 Å². The molecule has 1 atom stereocenters. The van der Waals surface area contributed by atoms with E-state index in [0.717, 1.165) is 26.2 Å². The van der Waals surface area contributed by atoms with Crippen LogP contribution in [-0.2, 0) is 4.74 Å². The van der Waals surface area contributed by atoms with Gasteiger partial charge in [0.05, 0.1) is 26.9 Å². The molecule has 0 aromatic heterocycles. The molecule has 2 saturated heterocycles. The van der Waals surface area contributed by atoms with E-state index in [2.05, 4.69) is 9.80 Å². The quantitative estimate of drug-likeness (QED) is 0.673. The van der Waals surface area contributed by atoms with Gasteiger partial charge < -0.3 is 18.9 Å². The lowest BCUT2D eigenvalue weighted by molar-refractivity contribution is 0.0259. The summed E-state index contributed by atoms with van der Waals surface area (Å²) in [5, 5.41) is 0. The molecule has 0 amide bonds. The number of esters is 1. The predicted octanol–water partition coefficient (Wildman–Crippen LogP) is 2.04. The van der Waals surface area contributed by atoms with Gasteiger partial charge in [0.2, 0.25) is 5.75 Å². The summed E-state index contributed by atoms with van der Waals surface area (Å²) in [6.07, 6.45) is 3.93. The van der Waals surface area contributed by atoms with Crippen LogP contribution in [0.2, 0.25) is 0 Å². The largest absolute Gasteiger partial charge is 0.493 e. The highest BCUT2D eigenvalue weighted by Crippen LogP contribution is 2.38. The highest BCUT2D eigenvalue weighted by Gasteiger charge is 2.28. The number of rotatable bonds is 7. The number of piperidine rings is 1. The number of fused-ring (bicyclic) bond motifs is 1. The molecule has 0 spiro atoms. The Balaban J connectivity index is 1.53. The van der Waals surface area contributed by atoms with Crippen molar-refractivity contribution in [2.75, 3.05) is 60.7 Å². The number of carbonyl (C=O) groups is 1. The molecule has 1 unspecified atom stereocenters. The molecule has 2 heterocycles. The fourth-order valence-electron chi connectivity index (χ4n) is 3.97. The van der Waals surface area contributed by atoms with Gasteiger partial charge in [0.15, 0.2) is 11.5 Å². The van der Waals surface area contributed by atoms with Gasteiger partial charge in [0.25, 0.3) is 0 Å². The molecule has 2 aliphatic heterocycles. The van der Waals surface area contributed by atoms with Gasteiger partial charge in [-0.25, -0.2) is 4.79 Å². The first-order valence-corrected chi connectivity index (χ1v) is 9.59. The van der Waals surface area contributed by atoms with Crippen molar-refractivity contribution in [2.24, 2.45) is 0 Å². The lowest BCUT2D eigenvalue weighted by Gasteiger charge is -2.44. The van der Waals surface area contributed by atoms with Crippen LogP contribution in [0.4, 0.5) is 0 Å². The molecule has 1 aromatic rings. The Kier molecular flexibility index (Phi) is 6.79. The van der Waals surface area contributed by atoms with Crippen LogP contribution in [0, 0.1) is 0 Å². The van der Waals surface area contributed by atoms with Crippen LogP contribution < -0.4 is 14.2 Å². The van der Waals surface area contributed by atoms with E-state index >= 15 is 0 Å². The van der Waals surface area contributed by atoms with Crippen molar-refractivity contribution in [2.45, 2.75) is 25.3 Å². The van der Waals surface area contributed by atoms with E-state index in [0.29, 0.717) is 35.5 Å². The van der Waals surface area contributed by atoms with Crippen molar-refractivity contribution in [3.05, 3.63) is 17.7 Å². The fraction of sp³-hybridized carbons (Fsp3) is 0.650. The van der Waals surface area contributed by atoms with Crippen LogP contribution in [0.5, 0.6) is 17.2 Å². The second-order valence-corrected chi connectivity index (χ2v) is 7.04. The number of hydrogen-bond acceptors (Lipinski definition) is 7. The predicted molar refractivity (Wildman–Crippen MR) is 102 cm³/mol. The molecule has 150 valence electrons. The number of nitrogens with zero attached hydrogens (tertiary/aromatic N) is 2. The number of methoxy groups -OCH3 is 3. The standard InChI is InChI=1S/C20H30N2O5/c1-24-17-12-15(13-18(25-2)19(17)26-3)20(23)27-11-10-21-8-9-22-7-5-4-6-16(22)14-21/h12-13,16H,4-11,14H2,1-3H3. The monoisotopic (exact) mass is 378 g/mol. The first kappa shape index (κ1) is 19.8. The van der Waals surface area contributed by atoms with Gasteiger partial charge in [-0.3, -0.25) is 9.80 Å². The van der Waals surface area contributed by atoms with Crippen molar-refractivity contribution in [3.8, 4) is 17.2 Å². The minimum absolute atomic E-state index is 0.377. The topological polar surface area (TPSA) is 60.5 Å².